The Morgan fingerprint density at radius 1 is 1.50 bits per heavy atom. The maximum Gasteiger partial charge on any atom is 0.272 e. The van der Waals surface area contributed by atoms with Crippen molar-refractivity contribution in [3.63, 3.8) is 0 Å². The van der Waals surface area contributed by atoms with Gasteiger partial charge >= 0.3 is 0 Å². The number of nitro benzene ring substituents is 1. The van der Waals surface area contributed by atoms with Gasteiger partial charge < -0.3 is 5.73 Å². The summed E-state index contributed by atoms with van der Waals surface area (Å²) in [6.07, 6.45) is 2.43. The van der Waals surface area contributed by atoms with Gasteiger partial charge in [-0.3, -0.25) is 10.1 Å². The van der Waals surface area contributed by atoms with E-state index in [1.807, 2.05) is 0 Å². The fourth-order valence-corrected chi connectivity index (χ4v) is 1.67. The molecule has 94 valence electrons. The minimum atomic E-state index is -0.402. The molecule has 2 N–H and O–H groups in total. The number of hydrogen-bond acceptors (Lipinski definition) is 5. The minimum Gasteiger partial charge on any atom is -0.330 e. The topological polar surface area (TPSA) is 99.9 Å². The summed E-state index contributed by atoms with van der Waals surface area (Å²) in [7, 11) is 0. The molecule has 7 nitrogen and oxygen atoms in total. The molecule has 2 aromatic rings. The van der Waals surface area contributed by atoms with Crippen LogP contribution in [0.1, 0.15) is 11.3 Å². The SMILES string of the molecule is Cc1cc(-n2cc(CCN)nn2)ccc1[N+](=O)[O-]. The lowest BCUT2D eigenvalue weighted by molar-refractivity contribution is -0.385. The highest BCUT2D eigenvalue weighted by Gasteiger charge is 2.11. The molecular formula is C11H13N5O2. The zero-order valence-electron chi connectivity index (χ0n) is 9.91. The van der Waals surface area contributed by atoms with Crippen molar-refractivity contribution in [2.45, 2.75) is 13.3 Å². The van der Waals surface area contributed by atoms with E-state index in [2.05, 4.69) is 10.3 Å². The second-order valence-electron chi connectivity index (χ2n) is 3.92. The Kier molecular flexibility index (Phi) is 3.33. The Morgan fingerprint density at radius 2 is 2.28 bits per heavy atom. The molecule has 1 aromatic heterocycles. The summed E-state index contributed by atoms with van der Waals surface area (Å²) in [4.78, 5) is 10.3. The van der Waals surface area contributed by atoms with Crippen LogP contribution in [0.25, 0.3) is 5.69 Å². The van der Waals surface area contributed by atoms with Gasteiger partial charge in [0.2, 0.25) is 0 Å². The van der Waals surface area contributed by atoms with Crippen molar-refractivity contribution in [2.24, 2.45) is 5.73 Å². The number of nitrogens with zero attached hydrogens (tertiary/aromatic N) is 4. The van der Waals surface area contributed by atoms with E-state index < -0.39 is 4.92 Å². The van der Waals surface area contributed by atoms with Gasteiger partial charge in [-0.25, -0.2) is 4.68 Å². The van der Waals surface area contributed by atoms with Crippen LogP contribution in [0.3, 0.4) is 0 Å². The van der Waals surface area contributed by atoms with E-state index in [0.29, 0.717) is 18.5 Å². The average molecular weight is 247 g/mol. The van der Waals surface area contributed by atoms with E-state index >= 15 is 0 Å². The van der Waals surface area contributed by atoms with E-state index in [1.165, 1.54) is 6.07 Å². The van der Waals surface area contributed by atoms with Gasteiger partial charge in [-0.15, -0.1) is 5.10 Å². The highest BCUT2D eigenvalue weighted by Crippen LogP contribution is 2.20. The Hall–Kier alpha value is -2.28. The molecule has 2 rings (SSSR count). The molecule has 0 atom stereocenters. The molecule has 0 amide bonds. The molecule has 1 aromatic carbocycles. The van der Waals surface area contributed by atoms with Crippen molar-refractivity contribution >= 4 is 5.69 Å². The molecule has 0 unspecified atom stereocenters. The molecule has 0 aliphatic rings. The van der Waals surface area contributed by atoms with Gasteiger partial charge in [0, 0.05) is 18.1 Å². The highest BCUT2D eigenvalue weighted by molar-refractivity contribution is 5.47. The number of nitro groups is 1. The lowest BCUT2D eigenvalue weighted by Gasteiger charge is -2.02. The van der Waals surface area contributed by atoms with Crippen molar-refractivity contribution in [1.82, 2.24) is 15.0 Å². The summed E-state index contributed by atoms with van der Waals surface area (Å²) >= 11 is 0. The number of benzene rings is 1. The second kappa shape index (κ2) is 4.92. The third kappa shape index (κ3) is 2.35. The molecule has 0 aliphatic carbocycles. The van der Waals surface area contributed by atoms with Crippen LogP contribution in [0.15, 0.2) is 24.4 Å². The summed E-state index contributed by atoms with van der Waals surface area (Å²) < 4.78 is 1.59. The van der Waals surface area contributed by atoms with Crippen LogP contribution in [0.5, 0.6) is 0 Å². The third-order valence-corrected chi connectivity index (χ3v) is 2.58. The Balaban J connectivity index is 2.33. The second-order valence-corrected chi connectivity index (χ2v) is 3.92. The van der Waals surface area contributed by atoms with E-state index in [4.69, 9.17) is 5.73 Å². The van der Waals surface area contributed by atoms with Crippen LogP contribution in [0.4, 0.5) is 5.69 Å². The number of rotatable bonds is 4. The summed E-state index contributed by atoms with van der Waals surface area (Å²) in [6.45, 7) is 2.21. The molecule has 0 fully saturated rings. The van der Waals surface area contributed by atoms with Crippen molar-refractivity contribution in [2.75, 3.05) is 6.54 Å². The first-order chi connectivity index (χ1) is 8.61. The number of hydrogen-bond donors (Lipinski definition) is 1. The van der Waals surface area contributed by atoms with Gasteiger partial charge in [0.15, 0.2) is 0 Å². The van der Waals surface area contributed by atoms with Gasteiger partial charge in [-0.2, -0.15) is 0 Å². The third-order valence-electron chi connectivity index (χ3n) is 2.58. The predicted molar refractivity (Wildman–Crippen MR) is 65.5 cm³/mol. The average Bonchev–Trinajstić information content (AvgIpc) is 2.77. The first-order valence-electron chi connectivity index (χ1n) is 5.48. The van der Waals surface area contributed by atoms with Gasteiger partial charge in [0.05, 0.1) is 22.5 Å². The molecule has 7 heteroatoms. The van der Waals surface area contributed by atoms with E-state index in [1.54, 1.807) is 29.9 Å². The zero-order chi connectivity index (χ0) is 13.1. The van der Waals surface area contributed by atoms with Gasteiger partial charge in [0.1, 0.15) is 0 Å². The van der Waals surface area contributed by atoms with E-state index in [0.717, 1.165) is 11.4 Å². The summed E-state index contributed by atoms with van der Waals surface area (Å²) in [5, 5.41) is 18.6. The fourth-order valence-electron chi connectivity index (χ4n) is 1.67. The molecular weight excluding hydrogens is 234 g/mol. The Morgan fingerprint density at radius 3 is 2.89 bits per heavy atom. The van der Waals surface area contributed by atoms with Crippen LogP contribution >= 0.6 is 0 Å². The molecule has 18 heavy (non-hydrogen) atoms. The van der Waals surface area contributed by atoms with Crippen molar-refractivity contribution in [3.05, 3.63) is 45.8 Å². The molecule has 1 heterocycles. The number of aryl methyl sites for hydroxylation is 1. The van der Waals surface area contributed by atoms with Crippen LogP contribution in [-0.2, 0) is 6.42 Å². The molecule has 0 radical (unpaired) electrons. The molecule has 0 saturated heterocycles. The normalized spacial score (nSPS) is 10.6. The van der Waals surface area contributed by atoms with Crippen LogP contribution < -0.4 is 5.73 Å². The Bertz CT molecular complexity index is 579. The van der Waals surface area contributed by atoms with Crippen LogP contribution in [-0.4, -0.2) is 26.5 Å². The lowest BCUT2D eigenvalue weighted by Crippen LogP contribution is -2.02. The largest absolute Gasteiger partial charge is 0.330 e. The number of nitrogens with two attached hydrogens (primary N) is 1. The summed E-state index contributed by atoms with van der Waals surface area (Å²) in [6, 6.07) is 4.82. The van der Waals surface area contributed by atoms with Gasteiger partial charge in [0.25, 0.3) is 5.69 Å². The first kappa shape index (κ1) is 12.2. The maximum absolute atomic E-state index is 10.7. The van der Waals surface area contributed by atoms with Crippen LogP contribution in [0, 0.1) is 17.0 Å². The predicted octanol–water partition coefficient (Wildman–Crippen LogP) is 0.985. The molecule has 0 bridgehead atoms. The van der Waals surface area contributed by atoms with Crippen molar-refractivity contribution in [1.29, 1.82) is 0 Å². The minimum absolute atomic E-state index is 0.0982. The number of aromatic nitrogens is 3. The summed E-state index contributed by atoms with van der Waals surface area (Å²) in [5.74, 6) is 0. The smallest absolute Gasteiger partial charge is 0.272 e. The Labute approximate surface area is 103 Å². The monoisotopic (exact) mass is 247 g/mol. The van der Waals surface area contributed by atoms with E-state index in [-0.39, 0.29) is 5.69 Å². The lowest BCUT2D eigenvalue weighted by atomic mass is 10.2. The van der Waals surface area contributed by atoms with Gasteiger partial charge in [-0.1, -0.05) is 5.21 Å². The van der Waals surface area contributed by atoms with E-state index in [9.17, 15) is 10.1 Å². The molecule has 0 saturated carbocycles. The highest BCUT2D eigenvalue weighted by atomic mass is 16.6. The quantitative estimate of drug-likeness (QED) is 0.641. The zero-order valence-corrected chi connectivity index (χ0v) is 9.91. The van der Waals surface area contributed by atoms with Gasteiger partial charge in [-0.05, 0) is 25.6 Å². The van der Waals surface area contributed by atoms with Crippen molar-refractivity contribution in [3.8, 4) is 5.69 Å². The van der Waals surface area contributed by atoms with Crippen LogP contribution in [0.2, 0.25) is 0 Å². The standard InChI is InChI=1S/C11H13N5O2/c1-8-6-10(2-3-11(8)16(17)18)15-7-9(4-5-12)13-14-15/h2-3,6-7H,4-5,12H2,1H3. The summed E-state index contributed by atoms with van der Waals surface area (Å²) in [5.41, 5.74) is 7.67. The fraction of sp³-hybridized carbons (Fsp3) is 0.273. The molecule has 0 aliphatic heterocycles. The maximum atomic E-state index is 10.7. The van der Waals surface area contributed by atoms with Crippen molar-refractivity contribution < 1.29 is 4.92 Å². The first-order valence-corrected chi connectivity index (χ1v) is 5.48. The molecule has 0 spiro atoms.